The van der Waals surface area contributed by atoms with Gasteiger partial charge in [0.15, 0.2) is 0 Å². The van der Waals surface area contributed by atoms with Gasteiger partial charge in [0.1, 0.15) is 6.04 Å². The first-order valence-electron chi connectivity index (χ1n) is 8.14. The summed E-state index contributed by atoms with van der Waals surface area (Å²) in [5.74, 6) is -2.72. The molecule has 1 aliphatic heterocycles. The van der Waals surface area contributed by atoms with Crippen molar-refractivity contribution in [2.45, 2.75) is 26.3 Å². The Balaban J connectivity index is 2.09. The van der Waals surface area contributed by atoms with E-state index < -0.39 is 29.7 Å². The van der Waals surface area contributed by atoms with E-state index in [1.165, 1.54) is 4.90 Å². The van der Waals surface area contributed by atoms with Crippen LogP contribution in [0.3, 0.4) is 0 Å². The number of aliphatic carboxylic acids is 1. The number of piperazine rings is 1. The molecule has 1 aromatic carbocycles. The van der Waals surface area contributed by atoms with Crippen LogP contribution in [0.25, 0.3) is 0 Å². The summed E-state index contributed by atoms with van der Waals surface area (Å²) < 4.78 is 0. The van der Waals surface area contributed by atoms with Crippen LogP contribution in [0.1, 0.15) is 17.5 Å². The molecule has 0 radical (unpaired) electrons. The molecule has 1 atom stereocenters. The van der Waals surface area contributed by atoms with E-state index in [9.17, 15) is 19.2 Å². The summed E-state index contributed by atoms with van der Waals surface area (Å²) in [7, 11) is 0. The molecule has 1 saturated heterocycles. The van der Waals surface area contributed by atoms with Gasteiger partial charge in [0.05, 0.1) is 6.42 Å². The van der Waals surface area contributed by atoms with Crippen molar-refractivity contribution in [3.63, 3.8) is 0 Å². The van der Waals surface area contributed by atoms with Crippen LogP contribution in [-0.4, -0.2) is 52.8 Å². The number of carboxylic acid groups (broad SMARTS) is 1. The molecule has 0 bridgehead atoms. The number of carbonyl (C=O) groups is 4. The van der Waals surface area contributed by atoms with Gasteiger partial charge in [0.25, 0.3) is 0 Å². The van der Waals surface area contributed by atoms with Crippen molar-refractivity contribution in [3.05, 3.63) is 41.5 Å². The van der Waals surface area contributed by atoms with Crippen LogP contribution in [0.15, 0.2) is 30.4 Å². The van der Waals surface area contributed by atoms with Crippen molar-refractivity contribution in [1.29, 1.82) is 0 Å². The van der Waals surface area contributed by atoms with Crippen LogP contribution in [-0.2, 0) is 19.2 Å². The second kappa shape index (κ2) is 8.28. The maximum atomic E-state index is 12.4. The molecule has 1 aromatic rings. The van der Waals surface area contributed by atoms with Gasteiger partial charge in [0, 0.05) is 30.9 Å². The first-order chi connectivity index (χ1) is 12.3. The molecule has 2 rings (SSSR count). The zero-order valence-corrected chi connectivity index (χ0v) is 14.6. The second-order valence-corrected chi connectivity index (χ2v) is 6.08. The molecule has 0 saturated carbocycles. The van der Waals surface area contributed by atoms with E-state index in [0.717, 1.165) is 17.2 Å². The Kier molecular flexibility index (Phi) is 6.11. The van der Waals surface area contributed by atoms with E-state index in [1.54, 1.807) is 6.07 Å². The molecule has 1 fully saturated rings. The number of nitrogens with one attached hydrogen (secondary N) is 2. The molecule has 1 heterocycles. The lowest BCUT2D eigenvalue weighted by atomic mass is 10.1. The average molecular weight is 359 g/mol. The zero-order chi connectivity index (χ0) is 19.3. The van der Waals surface area contributed by atoms with Crippen molar-refractivity contribution in [3.8, 4) is 0 Å². The highest BCUT2D eigenvalue weighted by molar-refractivity contribution is 6.00. The minimum absolute atomic E-state index is 0.204. The SMILES string of the molecule is Cc1ccc(NC(=O)CC2C(=O)NCCN2C(=O)/C=C/C(=O)O)c(C)c1. The number of rotatable bonds is 5. The lowest BCUT2D eigenvalue weighted by Gasteiger charge is -2.34. The van der Waals surface area contributed by atoms with Crippen molar-refractivity contribution >= 4 is 29.4 Å². The molecular formula is C18H21N3O5. The van der Waals surface area contributed by atoms with Gasteiger partial charge in [-0.15, -0.1) is 0 Å². The number of aryl methyl sites for hydroxylation is 2. The molecular weight excluding hydrogens is 338 g/mol. The smallest absolute Gasteiger partial charge is 0.328 e. The molecule has 0 spiro atoms. The Labute approximate surface area is 150 Å². The highest BCUT2D eigenvalue weighted by Crippen LogP contribution is 2.17. The first kappa shape index (κ1) is 19.2. The number of anilines is 1. The first-order valence-corrected chi connectivity index (χ1v) is 8.14. The molecule has 1 aliphatic rings. The molecule has 8 heteroatoms. The number of hydrogen-bond donors (Lipinski definition) is 3. The van der Waals surface area contributed by atoms with Gasteiger partial charge in [-0.05, 0) is 25.5 Å². The average Bonchev–Trinajstić information content (AvgIpc) is 2.57. The standard InChI is InChI=1S/C18H21N3O5/c1-11-3-4-13(12(2)9-11)20-15(22)10-14-18(26)19-7-8-21(14)16(23)5-6-17(24)25/h3-6,9,14H,7-8,10H2,1-2H3,(H,19,26)(H,20,22)(H,24,25)/b6-5+. The lowest BCUT2D eigenvalue weighted by Crippen LogP contribution is -2.57. The Bertz CT molecular complexity index is 772. The Morgan fingerprint density at radius 3 is 2.69 bits per heavy atom. The highest BCUT2D eigenvalue weighted by atomic mass is 16.4. The predicted octanol–water partition coefficient (Wildman–Crippen LogP) is 0.600. The van der Waals surface area contributed by atoms with Gasteiger partial charge in [-0.2, -0.15) is 0 Å². The summed E-state index contributed by atoms with van der Waals surface area (Å²) in [6, 6.07) is 4.58. The lowest BCUT2D eigenvalue weighted by molar-refractivity contribution is -0.141. The van der Waals surface area contributed by atoms with Crippen molar-refractivity contribution in [1.82, 2.24) is 10.2 Å². The van der Waals surface area contributed by atoms with Gasteiger partial charge < -0.3 is 20.6 Å². The fourth-order valence-corrected chi connectivity index (χ4v) is 2.75. The summed E-state index contributed by atoms with van der Waals surface area (Å²) in [4.78, 5) is 48.4. The van der Waals surface area contributed by atoms with Crippen LogP contribution >= 0.6 is 0 Å². The minimum atomic E-state index is -1.26. The molecule has 1 unspecified atom stereocenters. The molecule has 0 aromatic heterocycles. The van der Waals surface area contributed by atoms with Crippen LogP contribution in [0.4, 0.5) is 5.69 Å². The fourth-order valence-electron chi connectivity index (χ4n) is 2.75. The Hall–Kier alpha value is -3.16. The van der Waals surface area contributed by atoms with Crippen molar-refractivity contribution in [2.24, 2.45) is 0 Å². The normalized spacial score (nSPS) is 17.1. The van der Waals surface area contributed by atoms with Crippen molar-refractivity contribution < 1.29 is 24.3 Å². The number of carbonyl (C=O) groups excluding carboxylic acids is 3. The number of benzene rings is 1. The van der Waals surface area contributed by atoms with E-state index in [1.807, 2.05) is 26.0 Å². The topological polar surface area (TPSA) is 116 Å². The predicted molar refractivity (Wildman–Crippen MR) is 94.4 cm³/mol. The second-order valence-electron chi connectivity index (χ2n) is 6.08. The van der Waals surface area contributed by atoms with Crippen LogP contribution < -0.4 is 10.6 Å². The maximum Gasteiger partial charge on any atom is 0.328 e. The van der Waals surface area contributed by atoms with E-state index in [4.69, 9.17) is 5.11 Å². The molecule has 3 N–H and O–H groups in total. The summed E-state index contributed by atoms with van der Waals surface area (Å²) in [6.45, 7) is 4.26. The molecule has 26 heavy (non-hydrogen) atoms. The van der Waals surface area contributed by atoms with Gasteiger partial charge >= 0.3 is 5.97 Å². The number of amides is 3. The van der Waals surface area contributed by atoms with E-state index in [0.29, 0.717) is 11.8 Å². The van der Waals surface area contributed by atoms with Gasteiger partial charge in [-0.1, -0.05) is 17.7 Å². The molecule has 3 amide bonds. The van der Waals surface area contributed by atoms with E-state index >= 15 is 0 Å². The highest BCUT2D eigenvalue weighted by Gasteiger charge is 2.33. The van der Waals surface area contributed by atoms with Crippen LogP contribution in [0.5, 0.6) is 0 Å². The Morgan fingerprint density at radius 1 is 1.31 bits per heavy atom. The quantitative estimate of drug-likeness (QED) is 0.666. The van der Waals surface area contributed by atoms with Gasteiger partial charge in [-0.3, -0.25) is 14.4 Å². The van der Waals surface area contributed by atoms with E-state index in [-0.39, 0.29) is 19.5 Å². The van der Waals surface area contributed by atoms with Gasteiger partial charge in [-0.25, -0.2) is 4.79 Å². The summed E-state index contributed by atoms with van der Waals surface area (Å²) in [5.41, 5.74) is 2.60. The monoisotopic (exact) mass is 359 g/mol. The number of nitrogens with zero attached hydrogens (tertiary/aromatic N) is 1. The van der Waals surface area contributed by atoms with Gasteiger partial charge in [0.2, 0.25) is 17.7 Å². The summed E-state index contributed by atoms with van der Waals surface area (Å²) >= 11 is 0. The Morgan fingerprint density at radius 2 is 2.04 bits per heavy atom. The van der Waals surface area contributed by atoms with E-state index in [2.05, 4.69) is 10.6 Å². The third-order valence-corrected chi connectivity index (χ3v) is 4.02. The minimum Gasteiger partial charge on any atom is -0.478 e. The molecule has 8 nitrogen and oxygen atoms in total. The third-order valence-electron chi connectivity index (χ3n) is 4.02. The zero-order valence-electron chi connectivity index (χ0n) is 14.6. The molecule has 138 valence electrons. The van der Waals surface area contributed by atoms with Crippen molar-refractivity contribution in [2.75, 3.05) is 18.4 Å². The number of carboxylic acids is 1. The van der Waals surface area contributed by atoms with Crippen LogP contribution in [0.2, 0.25) is 0 Å². The summed E-state index contributed by atoms with van der Waals surface area (Å²) in [5, 5.41) is 14.0. The number of hydrogen-bond acceptors (Lipinski definition) is 4. The molecule has 0 aliphatic carbocycles. The van der Waals surface area contributed by atoms with Crippen LogP contribution in [0, 0.1) is 13.8 Å². The third kappa shape index (κ3) is 4.92. The fraction of sp³-hybridized carbons (Fsp3) is 0.333. The maximum absolute atomic E-state index is 12.4. The largest absolute Gasteiger partial charge is 0.478 e. The summed E-state index contributed by atoms with van der Waals surface area (Å²) in [6.07, 6.45) is 1.38.